The van der Waals surface area contributed by atoms with Crippen LogP contribution in [0.2, 0.25) is 0 Å². The first-order valence-corrected chi connectivity index (χ1v) is 13.5. The van der Waals surface area contributed by atoms with Gasteiger partial charge in [0.2, 0.25) is 11.9 Å². The van der Waals surface area contributed by atoms with Crippen molar-refractivity contribution in [3.05, 3.63) is 89.0 Å². The van der Waals surface area contributed by atoms with Gasteiger partial charge >= 0.3 is 0 Å². The molecule has 5 heterocycles. The van der Waals surface area contributed by atoms with Crippen molar-refractivity contribution in [1.82, 2.24) is 34.3 Å². The van der Waals surface area contributed by atoms with E-state index in [1.54, 1.807) is 30.1 Å². The zero-order valence-electron chi connectivity index (χ0n) is 22.7. The minimum atomic E-state index is -0.488. The van der Waals surface area contributed by atoms with Gasteiger partial charge in [-0.2, -0.15) is 4.98 Å². The van der Waals surface area contributed by atoms with E-state index in [1.165, 1.54) is 10.9 Å². The number of nitrogens with zero attached hydrogens (tertiary/aromatic N) is 8. The molecule has 6 aromatic rings. The van der Waals surface area contributed by atoms with Crippen molar-refractivity contribution in [3.8, 4) is 5.82 Å². The number of carbonyl (C=O) groups excluding carboxylic acids is 1. The standard InChI is InChI=1S/C29H27N11O2/c1-37-27(42)21-17-32-28(36-26(21)40(37)23-7-2-3-12-31-23)33-18-8-10-19(11-9-18)38-13-15-39(16-14-38)29-34-22-6-4-5-20(25(30)41)24(22)35-29/h2-12,17H,13-16H2,1H3,(H2,30,41)(H,34,35)(H,32,33,36). The van der Waals surface area contributed by atoms with E-state index in [9.17, 15) is 9.59 Å². The van der Waals surface area contributed by atoms with Crippen LogP contribution in [0.3, 0.4) is 0 Å². The number of para-hydroxylation sites is 1. The second-order valence-electron chi connectivity index (χ2n) is 10.0. The number of pyridine rings is 1. The molecule has 4 N–H and O–H groups in total. The average Bonchev–Trinajstić information content (AvgIpc) is 3.56. The summed E-state index contributed by atoms with van der Waals surface area (Å²) in [6.07, 6.45) is 3.21. The van der Waals surface area contributed by atoms with Crippen LogP contribution in [0.4, 0.5) is 23.3 Å². The minimum absolute atomic E-state index is 0.192. The van der Waals surface area contributed by atoms with Gasteiger partial charge in [-0.05, 0) is 48.5 Å². The van der Waals surface area contributed by atoms with E-state index >= 15 is 0 Å². The number of amides is 1. The monoisotopic (exact) mass is 561 g/mol. The Bertz CT molecular complexity index is 1990. The summed E-state index contributed by atoms with van der Waals surface area (Å²) in [6, 6.07) is 19.0. The van der Waals surface area contributed by atoms with Crippen LogP contribution in [-0.2, 0) is 7.05 Å². The van der Waals surface area contributed by atoms with E-state index in [1.807, 2.05) is 36.4 Å². The van der Waals surface area contributed by atoms with E-state index in [-0.39, 0.29) is 5.56 Å². The number of fused-ring (bicyclic) bond motifs is 2. The third-order valence-corrected chi connectivity index (χ3v) is 7.49. The lowest BCUT2D eigenvalue weighted by atomic mass is 10.2. The van der Waals surface area contributed by atoms with E-state index in [0.29, 0.717) is 33.9 Å². The van der Waals surface area contributed by atoms with Crippen molar-refractivity contribution in [2.75, 3.05) is 41.3 Å². The number of anilines is 4. The van der Waals surface area contributed by atoms with Gasteiger partial charge in [0.1, 0.15) is 10.9 Å². The maximum atomic E-state index is 12.7. The molecule has 1 fully saturated rings. The highest BCUT2D eigenvalue weighted by Crippen LogP contribution is 2.25. The fourth-order valence-electron chi connectivity index (χ4n) is 5.32. The highest BCUT2D eigenvalue weighted by atomic mass is 16.1. The number of H-pyrrole nitrogens is 1. The number of carbonyl (C=O) groups is 1. The summed E-state index contributed by atoms with van der Waals surface area (Å²) in [4.78, 5) is 50.4. The lowest BCUT2D eigenvalue weighted by Crippen LogP contribution is -2.46. The van der Waals surface area contributed by atoms with Gasteiger partial charge in [-0.25, -0.2) is 24.3 Å². The summed E-state index contributed by atoms with van der Waals surface area (Å²) in [5.74, 6) is 1.22. The summed E-state index contributed by atoms with van der Waals surface area (Å²) in [7, 11) is 1.68. The second-order valence-corrected chi connectivity index (χ2v) is 10.0. The van der Waals surface area contributed by atoms with Gasteiger partial charge in [0.25, 0.3) is 11.5 Å². The Morgan fingerprint density at radius 3 is 2.45 bits per heavy atom. The first-order chi connectivity index (χ1) is 20.5. The van der Waals surface area contributed by atoms with Crippen molar-refractivity contribution < 1.29 is 4.79 Å². The highest BCUT2D eigenvalue weighted by molar-refractivity contribution is 6.04. The Morgan fingerprint density at radius 1 is 0.929 bits per heavy atom. The second kappa shape index (κ2) is 10.0. The van der Waals surface area contributed by atoms with Gasteiger partial charge < -0.3 is 25.8 Å². The zero-order valence-corrected chi connectivity index (χ0v) is 22.7. The van der Waals surface area contributed by atoms with Crippen LogP contribution in [0.5, 0.6) is 0 Å². The van der Waals surface area contributed by atoms with E-state index < -0.39 is 5.91 Å². The molecule has 4 aromatic heterocycles. The SMILES string of the molecule is Cn1c(=O)c2cnc(Nc3ccc(N4CCN(c5nc6c(C(N)=O)cccc6[nH]5)CC4)cc3)nc2n1-c1ccccn1. The molecule has 0 bridgehead atoms. The fourth-order valence-corrected chi connectivity index (χ4v) is 5.32. The molecule has 0 atom stereocenters. The third kappa shape index (κ3) is 4.36. The molecule has 2 aromatic carbocycles. The van der Waals surface area contributed by atoms with E-state index in [2.05, 4.69) is 52.2 Å². The minimum Gasteiger partial charge on any atom is -0.368 e. The van der Waals surface area contributed by atoms with Crippen LogP contribution in [0, 0.1) is 0 Å². The summed E-state index contributed by atoms with van der Waals surface area (Å²) in [5, 5.41) is 3.66. The molecule has 0 unspecified atom stereocenters. The van der Waals surface area contributed by atoms with Gasteiger partial charge in [0.15, 0.2) is 11.5 Å². The predicted molar refractivity (Wildman–Crippen MR) is 161 cm³/mol. The molecule has 0 aliphatic carbocycles. The summed E-state index contributed by atoms with van der Waals surface area (Å²) < 4.78 is 3.15. The van der Waals surface area contributed by atoms with Gasteiger partial charge in [0.05, 0.1) is 11.1 Å². The van der Waals surface area contributed by atoms with Crippen LogP contribution in [0.25, 0.3) is 27.9 Å². The normalized spacial score (nSPS) is 13.6. The molecule has 1 amide bonds. The number of rotatable bonds is 6. The Kier molecular flexibility index (Phi) is 6.03. The van der Waals surface area contributed by atoms with Crippen molar-refractivity contribution in [3.63, 3.8) is 0 Å². The fraction of sp³-hybridized carbons (Fsp3) is 0.172. The Hall–Kier alpha value is -5.72. The number of benzene rings is 2. The predicted octanol–water partition coefficient (Wildman–Crippen LogP) is 2.56. The van der Waals surface area contributed by atoms with Crippen molar-refractivity contribution in [2.45, 2.75) is 0 Å². The Labute approximate surface area is 239 Å². The molecular formula is C29H27N11O2. The van der Waals surface area contributed by atoms with E-state index in [0.717, 1.165) is 49.0 Å². The number of nitrogens with two attached hydrogens (primary N) is 1. The average molecular weight is 562 g/mol. The van der Waals surface area contributed by atoms with E-state index in [4.69, 9.17) is 5.73 Å². The van der Waals surface area contributed by atoms with Gasteiger partial charge in [-0.3, -0.25) is 9.59 Å². The molecule has 1 aliphatic rings. The maximum absolute atomic E-state index is 12.7. The molecule has 210 valence electrons. The number of aromatic nitrogens is 7. The van der Waals surface area contributed by atoms with Gasteiger partial charge in [0, 0.05) is 57.0 Å². The lowest BCUT2D eigenvalue weighted by molar-refractivity contribution is 0.100. The summed E-state index contributed by atoms with van der Waals surface area (Å²) >= 11 is 0. The quantitative estimate of drug-likeness (QED) is 0.278. The highest BCUT2D eigenvalue weighted by Gasteiger charge is 2.21. The molecule has 7 rings (SSSR count). The number of nitrogens with one attached hydrogen (secondary N) is 2. The van der Waals surface area contributed by atoms with Crippen LogP contribution in [0.15, 0.2) is 77.9 Å². The molecule has 0 radical (unpaired) electrons. The van der Waals surface area contributed by atoms with Gasteiger partial charge in [-0.15, -0.1) is 0 Å². The molecule has 42 heavy (non-hydrogen) atoms. The maximum Gasteiger partial charge on any atom is 0.277 e. The van der Waals surface area contributed by atoms with Crippen LogP contribution in [-0.4, -0.2) is 66.4 Å². The van der Waals surface area contributed by atoms with Crippen molar-refractivity contribution >= 4 is 51.2 Å². The lowest BCUT2D eigenvalue weighted by Gasteiger charge is -2.36. The number of primary amides is 1. The van der Waals surface area contributed by atoms with Crippen LogP contribution >= 0.6 is 0 Å². The third-order valence-electron chi connectivity index (χ3n) is 7.49. The molecule has 1 saturated heterocycles. The summed E-state index contributed by atoms with van der Waals surface area (Å²) in [5.41, 5.74) is 9.54. The number of hydrogen-bond acceptors (Lipinski definition) is 9. The topological polar surface area (TPSA) is 156 Å². The van der Waals surface area contributed by atoms with Gasteiger partial charge in [-0.1, -0.05) is 12.1 Å². The molecule has 1 aliphatic heterocycles. The molecule has 0 spiro atoms. The van der Waals surface area contributed by atoms with Crippen LogP contribution < -0.4 is 26.4 Å². The molecule has 13 nitrogen and oxygen atoms in total. The Morgan fingerprint density at radius 2 is 1.71 bits per heavy atom. The molecule has 0 saturated carbocycles. The Balaban J connectivity index is 1.05. The largest absolute Gasteiger partial charge is 0.368 e. The molecular weight excluding hydrogens is 534 g/mol. The van der Waals surface area contributed by atoms with Crippen molar-refractivity contribution in [1.29, 1.82) is 0 Å². The summed E-state index contributed by atoms with van der Waals surface area (Å²) in [6.45, 7) is 3.17. The number of piperazine rings is 1. The van der Waals surface area contributed by atoms with Crippen LogP contribution in [0.1, 0.15) is 10.4 Å². The number of hydrogen-bond donors (Lipinski definition) is 3. The number of imidazole rings is 1. The number of aromatic amines is 1. The first kappa shape index (κ1) is 25.3. The zero-order chi connectivity index (χ0) is 28.8. The molecule has 13 heteroatoms. The first-order valence-electron chi connectivity index (χ1n) is 13.5. The smallest absolute Gasteiger partial charge is 0.277 e. The van der Waals surface area contributed by atoms with Crippen molar-refractivity contribution in [2.24, 2.45) is 12.8 Å².